The lowest BCUT2D eigenvalue weighted by Gasteiger charge is -2.24. The zero-order chi connectivity index (χ0) is 14.8. The second-order valence-electron chi connectivity index (χ2n) is 4.81. The van der Waals surface area contributed by atoms with Gasteiger partial charge in [-0.15, -0.1) is 0 Å². The van der Waals surface area contributed by atoms with Crippen molar-refractivity contribution in [1.82, 2.24) is 0 Å². The van der Waals surface area contributed by atoms with Crippen LogP contribution >= 0.6 is 15.9 Å². The van der Waals surface area contributed by atoms with Gasteiger partial charge in [0.1, 0.15) is 0 Å². The first-order chi connectivity index (χ1) is 10.2. The van der Waals surface area contributed by atoms with E-state index in [0.717, 1.165) is 27.0 Å². The lowest BCUT2D eigenvalue weighted by molar-refractivity contribution is -0.136. The van der Waals surface area contributed by atoms with Gasteiger partial charge in [0.05, 0.1) is 18.4 Å². The Hall–Kier alpha value is -2.07. The Morgan fingerprint density at radius 2 is 2.00 bits per heavy atom. The molecule has 0 aromatic heterocycles. The molecule has 4 heteroatoms. The molecule has 3 rings (SSSR count). The van der Waals surface area contributed by atoms with E-state index in [2.05, 4.69) is 21.2 Å². The Morgan fingerprint density at radius 3 is 2.76 bits per heavy atom. The minimum Gasteiger partial charge on any atom is -0.466 e. The molecule has 0 saturated heterocycles. The Kier molecular flexibility index (Phi) is 3.80. The monoisotopic (exact) mass is 343 g/mol. The molecule has 1 aliphatic rings. The smallest absolute Gasteiger partial charge is 0.336 e. The Balaban J connectivity index is 2.12. The second kappa shape index (κ2) is 5.74. The van der Waals surface area contributed by atoms with Crippen LogP contribution in [0.4, 0.5) is 5.69 Å². The molecule has 3 nitrogen and oxygen atoms in total. The van der Waals surface area contributed by atoms with Gasteiger partial charge in [0.25, 0.3) is 0 Å². The van der Waals surface area contributed by atoms with E-state index in [1.807, 2.05) is 48.5 Å². The molecule has 1 N–H and O–H groups in total. The molecule has 21 heavy (non-hydrogen) atoms. The summed E-state index contributed by atoms with van der Waals surface area (Å²) < 4.78 is 5.91. The summed E-state index contributed by atoms with van der Waals surface area (Å²) in [6.07, 6.45) is 0.567. The summed E-state index contributed by atoms with van der Waals surface area (Å²) in [6.45, 7) is 0. The number of ether oxygens (including phenoxy) is 1. The summed E-state index contributed by atoms with van der Waals surface area (Å²) in [5, 5.41) is 3.36. The zero-order valence-corrected chi connectivity index (χ0v) is 13.1. The van der Waals surface area contributed by atoms with E-state index < -0.39 is 0 Å². The normalized spacial score (nSPS) is 13.4. The number of carbonyl (C=O) groups excluding carboxylic acids is 1. The second-order valence-corrected chi connectivity index (χ2v) is 5.73. The highest BCUT2D eigenvalue weighted by atomic mass is 79.9. The van der Waals surface area contributed by atoms with Crippen LogP contribution in [0.2, 0.25) is 0 Å². The van der Waals surface area contributed by atoms with Gasteiger partial charge < -0.3 is 10.1 Å². The van der Waals surface area contributed by atoms with E-state index in [0.29, 0.717) is 12.0 Å². The first-order valence-corrected chi connectivity index (χ1v) is 7.40. The minimum absolute atomic E-state index is 0.299. The number of carbonyl (C=O) groups is 1. The molecule has 0 fully saturated rings. The van der Waals surface area contributed by atoms with E-state index in [1.165, 1.54) is 7.11 Å². The van der Waals surface area contributed by atoms with E-state index in [-0.39, 0.29) is 5.97 Å². The van der Waals surface area contributed by atoms with Crippen molar-refractivity contribution in [3.05, 3.63) is 69.7 Å². The maximum Gasteiger partial charge on any atom is 0.336 e. The molecule has 2 aromatic rings. The number of nitrogens with one attached hydrogen (secondary N) is 1. The van der Waals surface area contributed by atoms with Gasteiger partial charge in [0, 0.05) is 16.6 Å². The van der Waals surface area contributed by atoms with Gasteiger partial charge in [0.15, 0.2) is 0 Å². The average molecular weight is 344 g/mol. The fraction of sp³-hybridized carbons (Fsp3) is 0.118. The summed E-state index contributed by atoms with van der Waals surface area (Å²) in [7, 11) is 1.41. The standard InChI is InChI=1S/C17H14BrNO2/c1-21-17(20)14-10-11-5-2-3-8-15(11)19-16(14)12-6-4-7-13(18)9-12/h2-9,19H,10H2,1H3. The molecule has 1 heterocycles. The predicted octanol–water partition coefficient (Wildman–Crippen LogP) is 4.00. The molecule has 2 aromatic carbocycles. The largest absolute Gasteiger partial charge is 0.466 e. The van der Waals surface area contributed by atoms with Crippen molar-refractivity contribution in [2.75, 3.05) is 12.4 Å². The maximum atomic E-state index is 12.1. The molecule has 1 aliphatic heterocycles. The summed E-state index contributed by atoms with van der Waals surface area (Å²) in [6, 6.07) is 15.8. The van der Waals surface area contributed by atoms with Crippen LogP contribution < -0.4 is 5.32 Å². The van der Waals surface area contributed by atoms with E-state index >= 15 is 0 Å². The van der Waals surface area contributed by atoms with Crippen LogP contribution in [0.25, 0.3) is 5.70 Å². The van der Waals surface area contributed by atoms with Crippen molar-refractivity contribution in [2.45, 2.75) is 6.42 Å². The van der Waals surface area contributed by atoms with Crippen molar-refractivity contribution >= 4 is 33.3 Å². The molecule has 0 amide bonds. The van der Waals surface area contributed by atoms with Crippen molar-refractivity contribution in [1.29, 1.82) is 0 Å². The fourth-order valence-corrected chi connectivity index (χ4v) is 2.87. The number of fused-ring (bicyclic) bond motifs is 1. The van der Waals surface area contributed by atoms with E-state index in [4.69, 9.17) is 4.74 Å². The number of para-hydroxylation sites is 1. The van der Waals surface area contributed by atoms with Crippen LogP contribution in [0.3, 0.4) is 0 Å². The van der Waals surface area contributed by atoms with Crippen molar-refractivity contribution in [2.24, 2.45) is 0 Å². The first kappa shape index (κ1) is 13.9. The van der Waals surface area contributed by atoms with Gasteiger partial charge in [-0.25, -0.2) is 4.79 Å². The van der Waals surface area contributed by atoms with Gasteiger partial charge in [-0.3, -0.25) is 0 Å². The highest BCUT2D eigenvalue weighted by molar-refractivity contribution is 9.10. The van der Waals surface area contributed by atoms with Gasteiger partial charge in [0.2, 0.25) is 0 Å². The highest BCUT2D eigenvalue weighted by Crippen LogP contribution is 2.33. The SMILES string of the molecule is COC(=O)C1=C(c2cccc(Br)c2)Nc2ccccc2C1. The molecular weight excluding hydrogens is 330 g/mol. The molecule has 0 bridgehead atoms. The number of anilines is 1. The third-order valence-corrected chi connectivity index (χ3v) is 3.98. The number of rotatable bonds is 2. The first-order valence-electron chi connectivity index (χ1n) is 6.61. The van der Waals surface area contributed by atoms with Crippen molar-refractivity contribution < 1.29 is 9.53 Å². The molecular formula is C17H14BrNO2. The summed E-state index contributed by atoms with van der Waals surface area (Å²) >= 11 is 3.47. The van der Waals surface area contributed by atoms with E-state index in [1.54, 1.807) is 0 Å². The molecule has 0 spiro atoms. The van der Waals surface area contributed by atoms with Crippen LogP contribution in [0.5, 0.6) is 0 Å². The van der Waals surface area contributed by atoms with Crippen LogP contribution in [0.15, 0.2) is 58.6 Å². The molecule has 0 atom stereocenters. The van der Waals surface area contributed by atoms with Crippen LogP contribution in [-0.4, -0.2) is 13.1 Å². The number of halogens is 1. The number of hydrogen-bond donors (Lipinski definition) is 1. The molecule has 0 unspecified atom stereocenters. The Labute approximate surface area is 131 Å². The minimum atomic E-state index is -0.299. The number of benzene rings is 2. The van der Waals surface area contributed by atoms with Crippen LogP contribution in [0, 0.1) is 0 Å². The lowest BCUT2D eigenvalue weighted by atomic mass is 9.94. The van der Waals surface area contributed by atoms with Crippen molar-refractivity contribution in [3.63, 3.8) is 0 Å². The molecule has 0 aliphatic carbocycles. The zero-order valence-electron chi connectivity index (χ0n) is 11.5. The van der Waals surface area contributed by atoms with Gasteiger partial charge in [-0.05, 0) is 29.3 Å². The molecule has 0 saturated carbocycles. The summed E-state index contributed by atoms with van der Waals surface area (Å²) in [5.74, 6) is -0.299. The van der Waals surface area contributed by atoms with Crippen LogP contribution in [-0.2, 0) is 16.0 Å². The predicted molar refractivity (Wildman–Crippen MR) is 86.8 cm³/mol. The van der Waals surface area contributed by atoms with Gasteiger partial charge in [-0.2, -0.15) is 0 Å². The average Bonchev–Trinajstić information content (AvgIpc) is 2.53. The number of esters is 1. The van der Waals surface area contributed by atoms with E-state index in [9.17, 15) is 4.79 Å². The summed E-state index contributed by atoms with van der Waals surface area (Å²) in [4.78, 5) is 12.1. The van der Waals surface area contributed by atoms with Crippen molar-refractivity contribution in [3.8, 4) is 0 Å². The topological polar surface area (TPSA) is 38.3 Å². The maximum absolute atomic E-state index is 12.1. The van der Waals surface area contributed by atoms with Gasteiger partial charge in [-0.1, -0.05) is 46.3 Å². The Bertz CT molecular complexity index is 737. The lowest BCUT2D eigenvalue weighted by Crippen LogP contribution is -2.19. The fourth-order valence-electron chi connectivity index (χ4n) is 2.47. The molecule has 0 radical (unpaired) electrons. The number of methoxy groups -OCH3 is 1. The highest BCUT2D eigenvalue weighted by Gasteiger charge is 2.24. The van der Waals surface area contributed by atoms with Crippen LogP contribution in [0.1, 0.15) is 11.1 Å². The number of hydrogen-bond acceptors (Lipinski definition) is 3. The van der Waals surface area contributed by atoms with Gasteiger partial charge >= 0.3 is 5.97 Å². The quantitative estimate of drug-likeness (QED) is 0.837. The third kappa shape index (κ3) is 2.72. The Morgan fingerprint density at radius 1 is 1.19 bits per heavy atom. The summed E-state index contributed by atoms with van der Waals surface area (Å²) in [5.41, 5.74) is 4.53. The third-order valence-electron chi connectivity index (χ3n) is 3.49. The molecule has 106 valence electrons.